The first-order valence-corrected chi connectivity index (χ1v) is 16.4. The zero-order valence-electron chi connectivity index (χ0n) is 24.0. The molecule has 2 aromatic carbocycles. The molecule has 2 heterocycles. The quantitative estimate of drug-likeness (QED) is 0.255. The normalized spacial score (nSPS) is 12.1. The number of rotatable bonds is 8. The molecule has 0 bridgehead atoms. The molecule has 13 heteroatoms. The van der Waals surface area contributed by atoms with E-state index in [9.17, 15) is 16.8 Å². The summed E-state index contributed by atoms with van der Waals surface area (Å²) < 4.78 is 57.2. The predicted molar refractivity (Wildman–Crippen MR) is 159 cm³/mol. The second-order valence-electron chi connectivity index (χ2n) is 10.5. The molecule has 0 saturated heterocycles. The van der Waals surface area contributed by atoms with Crippen molar-refractivity contribution in [3.05, 3.63) is 95.7 Å². The highest BCUT2D eigenvalue weighted by Crippen LogP contribution is 2.23. The van der Waals surface area contributed by atoms with Gasteiger partial charge in [0.25, 0.3) is 9.05 Å². The van der Waals surface area contributed by atoms with E-state index in [4.69, 9.17) is 16.4 Å². The molecular weight excluding hydrogens is 588 g/mol. The number of nitrogens with two attached hydrogens (primary N) is 1. The second-order valence-corrected chi connectivity index (χ2v) is 14.8. The van der Waals surface area contributed by atoms with Crippen LogP contribution in [-0.4, -0.2) is 40.2 Å². The van der Waals surface area contributed by atoms with E-state index in [0.29, 0.717) is 18.8 Å². The van der Waals surface area contributed by atoms with Crippen LogP contribution in [0.1, 0.15) is 50.2 Å². The number of hydrogen-bond donors (Lipinski definition) is 2. The van der Waals surface area contributed by atoms with Crippen molar-refractivity contribution in [3.8, 4) is 0 Å². The predicted octanol–water partition coefficient (Wildman–Crippen LogP) is 5.07. The molecule has 0 aliphatic heterocycles. The highest BCUT2D eigenvalue weighted by atomic mass is 35.7. The number of aromatic nitrogens is 2. The molecule has 41 heavy (non-hydrogen) atoms. The van der Waals surface area contributed by atoms with Crippen LogP contribution in [0.25, 0.3) is 0 Å². The van der Waals surface area contributed by atoms with Crippen LogP contribution in [0, 0.1) is 13.8 Å². The Morgan fingerprint density at radius 1 is 0.756 bits per heavy atom. The first kappa shape index (κ1) is 34.2. The molecule has 0 aliphatic carbocycles. The van der Waals surface area contributed by atoms with Gasteiger partial charge in [0.05, 0.1) is 0 Å². The summed E-state index contributed by atoms with van der Waals surface area (Å²) in [5.74, 6) is 0. The Labute approximate surface area is 246 Å². The van der Waals surface area contributed by atoms with Gasteiger partial charge in [0, 0.05) is 34.6 Å². The monoisotopic (exact) mass is 624 g/mol. The van der Waals surface area contributed by atoms with Crippen LogP contribution in [0.4, 0.5) is 0 Å². The maximum atomic E-state index is 12.2. The molecule has 0 spiro atoms. The fourth-order valence-electron chi connectivity index (χ4n) is 3.41. The van der Waals surface area contributed by atoms with Gasteiger partial charge in [-0.1, -0.05) is 98.7 Å². The number of hydrogen-bond acceptors (Lipinski definition) is 9. The summed E-state index contributed by atoms with van der Waals surface area (Å²) in [6.45, 7) is 12.4. The Hall–Kier alpha value is -3.03. The van der Waals surface area contributed by atoms with Gasteiger partial charge in [-0.05, 0) is 25.0 Å². The smallest absolute Gasteiger partial charge is 0.266 e. The third kappa shape index (κ3) is 10.1. The van der Waals surface area contributed by atoms with Crippen molar-refractivity contribution < 1.29 is 25.9 Å². The van der Waals surface area contributed by atoms with Crippen molar-refractivity contribution in [2.24, 2.45) is 5.73 Å². The minimum absolute atomic E-state index is 0.0748. The molecule has 10 nitrogen and oxygen atoms in total. The van der Waals surface area contributed by atoms with Crippen LogP contribution >= 0.6 is 10.7 Å². The first-order chi connectivity index (χ1) is 19.0. The zero-order valence-corrected chi connectivity index (χ0v) is 26.3. The lowest BCUT2D eigenvalue weighted by atomic mass is 9.85. The summed E-state index contributed by atoms with van der Waals surface area (Å²) >= 11 is 0. The van der Waals surface area contributed by atoms with E-state index in [1.165, 1.54) is 12.5 Å². The number of nitrogens with zero attached hydrogens (tertiary/aromatic N) is 2. The molecule has 0 aliphatic rings. The fraction of sp³-hybridized carbons (Fsp3) is 0.357. The molecule has 0 amide bonds. The van der Waals surface area contributed by atoms with E-state index >= 15 is 0 Å². The Morgan fingerprint density at radius 2 is 1.17 bits per heavy atom. The van der Waals surface area contributed by atoms with Crippen LogP contribution in [-0.2, 0) is 29.9 Å². The maximum Gasteiger partial charge on any atom is 0.266 e. The molecule has 0 radical (unpaired) electrons. The summed E-state index contributed by atoms with van der Waals surface area (Å²) in [6.07, 6.45) is 2.14. The van der Waals surface area contributed by atoms with Crippen LogP contribution in [0.3, 0.4) is 0 Å². The summed E-state index contributed by atoms with van der Waals surface area (Å²) in [4.78, 5) is 0.00975. The SMILES string of the molecule is CC(C)(CN)c1ccccc1.Cc1nocc1S(=O)(=O)Cl.Cc1nocc1S(=O)(=O)NCC(C)(C)c1ccccc1. The average molecular weight is 625 g/mol. The standard InChI is InChI=1S/C14H18N2O3S.C10H15N.C4H4ClNO3S/c1-11-13(9-19-16-11)20(17,18)15-10-14(2,3)12-7-5-4-6-8-12;1-10(2,8-11)9-6-4-3-5-7-9;1-3-4(2-9-6-3)10(5,7)8/h4-9,15H,10H2,1-3H3;3-7H,8,11H2,1-2H3;2H,1H3. The number of aryl methyl sites for hydroxylation is 2. The Balaban J connectivity index is 0.000000236. The number of sulfonamides is 1. The minimum Gasteiger partial charge on any atom is -0.363 e. The van der Waals surface area contributed by atoms with Gasteiger partial charge in [-0.3, -0.25) is 0 Å². The molecule has 224 valence electrons. The van der Waals surface area contributed by atoms with Crippen molar-refractivity contribution >= 4 is 29.8 Å². The van der Waals surface area contributed by atoms with Crippen molar-refractivity contribution in [2.75, 3.05) is 13.1 Å². The fourth-order valence-corrected chi connectivity index (χ4v) is 5.70. The molecule has 0 atom stereocenters. The molecular formula is C28H37ClN4O6S2. The second kappa shape index (κ2) is 14.2. The molecule has 0 fully saturated rings. The molecule has 2 aromatic heterocycles. The lowest BCUT2D eigenvalue weighted by Crippen LogP contribution is -2.36. The number of benzene rings is 2. The number of halogens is 1. The Morgan fingerprint density at radius 3 is 1.51 bits per heavy atom. The highest BCUT2D eigenvalue weighted by molar-refractivity contribution is 8.13. The minimum atomic E-state index is -3.67. The van der Waals surface area contributed by atoms with Gasteiger partial charge in [-0.15, -0.1) is 0 Å². The summed E-state index contributed by atoms with van der Waals surface area (Å²) in [7, 11) is -2.29. The van der Waals surface area contributed by atoms with Crippen molar-refractivity contribution in [2.45, 2.75) is 62.2 Å². The van der Waals surface area contributed by atoms with Crippen LogP contribution in [0.2, 0.25) is 0 Å². The van der Waals surface area contributed by atoms with E-state index in [1.54, 1.807) is 6.92 Å². The highest BCUT2D eigenvalue weighted by Gasteiger charge is 2.26. The maximum absolute atomic E-state index is 12.2. The average Bonchev–Trinajstić information content (AvgIpc) is 3.58. The van der Waals surface area contributed by atoms with Crippen molar-refractivity contribution in [1.29, 1.82) is 0 Å². The molecule has 3 N–H and O–H groups in total. The third-order valence-corrected chi connectivity index (χ3v) is 9.20. The van der Waals surface area contributed by atoms with E-state index in [2.05, 4.69) is 50.1 Å². The topological polar surface area (TPSA) is 158 Å². The Kier molecular flexibility index (Phi) is 11.9. The van der Waals surface area contributed by atoms with Gasteiger partial charge in [0.2, 0.25) is 10.0 Å². The van der Waals surface area contributed by atoms with Crippen molar-refractivity contribution in [3.63, 3.8) is 0 Å². The zero-order chi connectivity index (χ0) is 30.9. The summed E-state index contributed by atoms with van der Waals surface area (Å²) in [5.41, 5.74) is 8.46. The molecule has 4 aromatic rings. The van der Waals surface area contributed by atoms with Crippen LogP contribution < -0.4 is 10.5 Å². The van der Waals surface area contributed by atoms with E-state index in [0.717, 1.165) is 18.1 Å². The van der Waals surface area contributed by atoms with Gasteiger partial charge in [-0.2, -0.15) is 0 Å². The van der Waals surface area contributed by atoms with E-state index in [-0.39, 0.29) is 26.3 Å². The third-order valence-electron chi connectivity index (χ3n) is 6.29. The van der Waals surface area contributed by atoms with Crippen molar-refractivity contribution in [1.82, 2.24) is 15.0 Å². The largest absolute Gasteiger partial charge is 0.363 e. The molecule has 4 rings (SSSR count). The van der Waals surface area contributed by atoms with Gasteiger partial charge in [0.15, 0.2) is 0 Å². The lowest BCUT2D eigenvalue weighted by Gasteiger charge is -2.25. The summed E-state index contributed by atoms with van der Waals surface area (Å²) in [6, 6.07) is 20.1. The van der Waals surface area contributed by atoms with E-state index < -0.39 is 19.1 Å². The number of nitrogens with one attached hydrogen (secondary N) is 1. The molecule has 0 saturated carbocycles. The van der Waals surface area contributed by atoms with Crippen LogP contribution in [0.15, 0.2) is 92.0 Å². The van der Waals surface area contributed by atoms with Crippen LogP contribution in [0.5, 0.6) is 0 Å². The van der Waals surface area contributed by atoms with E-state index in [1.807, 2.05) is 62.4 Å². The Bertz CT molecular complexity index is 1580. The molecule has 0 unspecified atom stereocenters. The lowest BCUT2D eigenvalue weighted by molar-refractivity contribution is 0.413. The van der Waals surface area contributed by atoms with Gasteiger partial charge in [-0.25, -0.2) is 21.6 Å². The van der Waals surface area contributed by atoms with Gasteiger partial charge in [0.1, 0.15) is 33.7 Å². The van der Waals surface area contributed by atoms with Gasteiger partial charge < -0.3 is 14.8 Å². The van der Waals surface area contributed by atoms with Gasteiger partial charge >= 0.3 is 0 Å². The summed E-state index contributed by atoms with van der Waals surface area (Å²) in [5, 5.41) is 6.94. The first-order valence-electron chi connectivity index (χ1n) is 12.6.